The summed E-state index contributed by atoms with van der Waals surface area (Å²) in [6, 6.07) is 78.6. The molecule has 0 atom stereocenters. The lowest BCUT2D eigenvalue weighted by atomic mass is 9.81. The van der Waals surface area contributed by atoms with Crippen molar-refractivity contribution in [3.8, 4) is 66.8 Å². The number of benzene rings is 9. The molecule has 9 aromatic rings. The van der Waals surface area contributed by atoms with Crippen molar-refractivity contribution in [1.29, 1.82) is 0 Å². The predicted molar refractivity (Wildman–Crippen MR) is 258 cm³/mol. The smallest absolute Gasteiger partial charge is 0.0546 e. The van der Waals surface area contributed by atoms with Crippen molar-refractivity contribution in [3.05, 3.63) is 235 Å². The molecule has 292 valence electrons. The summed E-state index contributed by atoms with van der Waals surface area (Å²) in [5.41, 5.74) is 23.6. The van der Waals surface area contributed by atoms with Gasteiger partial charge in [0.15, 0.2) is 0 Å². The Labute approximate surface area is 360 Å². The van der Waals surface area contributed by atoms with E-state index in [0.29, 0.717) is 0 Å². The van der Waals surface area contributed by atoms with E-state index in [-0.39, 0.29) is 10.8 Å². The van der Waals surface area contributed by atoms with Gasteiger partial charge in [0.1, 0.15) is 0 Å². The van der Waals surface area contributed by atoms with Gasteiger partial charge in [0.05, 0.1) is 5.69 Å². The fourth-order valence-electron chi connectivity index (χ4n) is 10.4. The van der Waals surface area contributed by atoms with Gasteiger partial charge in [-0.1, -0.05) is 204 Å². The molecule has 0 heterocycles. The molecule has 2 aliphatic carbocycles. The predicted octanol–water partition coefficient (Wildman–Crippen LogP) is 16.4. The summed E-state index contributed by atoms with van der Waals surface area (Å²) < 4.78 is 0. The van der Waals surface area contributed by atoms with Crippen LogP contribution in [0.1, 0.15) is 49.9 Å². The fraction of sp³-hybridized carbons (Fsp3) is 0.100. The van der Waals surface area contributed by atoms with Gasteiger partial charge in [-0.05, 0) is 120 Å². The van der Waals surface area contributed by atoms with Crippen LogP contribution < -0.4 is 4.90 Å². The van der Waals surface area contributed by atoms with Gasteiger partial charge in [0, 0.05) is 27.8 Å². The van der Waals surface area contributed by atoms with Gasteiger partial charge in [-0.15, -0.1) is 0 Å². The molecule has 0 amide bonds. The molecule has 0 saturated heterocycles. The van der Waals surface area contributed by atoms with E-state index >= 15 is 0 Å². The zero-order valence-electron chi connectivity index (χ0n) is 35.2. The lowest BCUT2D eigenvalue weighted by Gasteiger charge is -2.31. The van der Waals surface area contributed by atoms with Crippen LogP contribution in [-0.4, -0.2) is 0 Å². The Balaban J connectivity index is 1.13. The van der Waals surface area contributed by atoms with E-state index in [2.05, 4.69) is 245 Å². The summed E-state index contributed by atoms with van der Waals surface area (Å²) in [4.78, 5) is 2.49. The topological polar surface area (TPSA) is 3.24 Å². The summed E-state index contributed by atoms with van der Waals surface area (Å²) in [6.45, 7) is 9.43. The summed E-state index contributed by atoms with van der Waals surface area (Å²) in [5, 5.41) is 0. The first kappa shape index (κ1) is 36.8. The molecule has 0 N–H and O–H groups in total. The van der Waals surface area contributed by atoms with E-state index in [1.54, 1.807) is 0 Å². The van der Waals surface area contributed by atoms with Crippen molar-refractivity contribution < 1.29 is 0 Å². The molecular weight excluding hydrogens is 735 g/mol. The molecule has 0 aliphatic heterocycles. The van der Waals surface area contributed by atoms with Gasteiger partial charge in [0.25, 0.3) is 0 Å². The van der Waals surface area contributed by atoms with Crippen molar-refractivity contribution in [2.75, 3.05) is 4.90 Å². The molecule has 0 unspecified atom stereocenters. The molecule has 11 rings (SSSR count). The maximum atomic E-state index is 2.49. The van der Waals surface area contributed by atoms with Crippen LogP contribution in [0, 0.1) is 0 Å². The largest absolute Gasteiger partial charge is 0.310 e. The third-order valence-corrected chi connectivity index (χ3v) is 13.5. The van der Waals surface area contributed by atoms with E-state index in [4.69, 9.17) is 0 Å². The molecule has 9 aromatic carbocycles. The van der Waals surface area contributed by atoms with Crippen LogP contribution in [0.15, 0.2) is 212 Å². The van der Waals surface area contributed by atoms with Gasteiger partial charge in [-0.3, -0.25) is 0 Å². The van der Waals surface area contributed by atoms with Crippen LogP contribution in [0.2, 0.25) is 0 Å². The lowest BCUT2D eigenvalue weighted by Crippen LogP contribution is -2.15. The van der Waals surface area contributed by atoms with Gasteiger partial charge in [0.2, 0.25) is 0 Å². The average Bonchev–Trinajstić information content (AvgIpc) is 3.68. The van der Waals surface area contributed by atoms with Gasteiger partial charge in [-0.25, -0.2) is 0 Å². The van der Waals surface area contributed by atoms with Crippen molar-refractivity contribution in [2.24, 2.45) is 0 Å². The Bertz CT molecular complexity index is 3120. The second-order valence-corrected chi connectivity index (χ2v) is 17.7. The molecule has 0 spiro atoms. The Hall–Kier alpha value is -7.22. The Morgan fingerprint density at radius 3 is 1.43 bits per heavy atom. The van der Waals surface area contributed by atoms with Crippen LogP contribution in [0.3, 0.4) is 0 Å². The van der Waals surface area contributed by atoms with Crippen molar-refractivity contribution in [1.82, 2.24) is 0 Å². The second kappa shape index (κ2) is 14.2. The standard InChI is InChI=1S/C60H47N/c1-59(2)54-28-16-14-24-49(54)52-39-45(35-37-55(52)59)61(44-33-30-40(31-34-44)43-32-36-50-48-23-13-15-27-53(48)60(3,4)56(50)38-43)57-29-17-26-47(42-20-9-6-10-21-42)58(57)51-25-12-11-22-46(51)41-18-7-5-8-19-41/h5-39H,1-4H3. The molecule has 1 nitrogen and oxygen atoms in total. The maximum absolute atomic E-state index is 2.49. The quantitative estimate of drug-likeness (QED) is 0.156. The molecule has 61 heavy (non-hydrogen) atoms. The molecule has 0 fully saturated rings. The molecule has 0 bridgehead atoms. The van der Waals surface area contributed by atoms with Crippen LogP contribution in [0.25, 0.3) is 66.8 Å². The minimum absolute atomic E-state index is 0.0599. The zero-order chi connectivity index (χ0) is 41.3. The van der Waals surface area contributed by atoms with Crippen LogP contribution in [-0.2, 0) is 10.8 Å². The molecule has 2 aliphatic rings. The Morgan fingerprint density at radius 1 is 0.279 bits per heavy atom. The van der Waals surface area contributed by atoms with Crippen LogP contribution in [0.5, 0.6) is 0 Å². The lowest BCUT2D eigenvalue weighted by molar-refractivity contribution is 0.660. The number of hydrogen-bond acceptors (Lipinski definition) is 1. The first-order valence-electron chi connectivity index (χ1n) is 21.5. The summed E-state index contributed by atoms with van der Waals surface area (Å²) in [5.74, 6) is 0. The number of anilines is 3. The van der Waals surface area contributed by atoms with Crippen molar-refractivity contribution in [2.45, 2.75) is 38.5 Å². The van der Waals surface area contributed by atoms with Crippen LogP contribution in [0.4, 0.5) is 17.1 Å². The Kier molecular flexibility index (Phi) is 8.58. The highest BCUT2D eigenvalue weighted by molar-refractivity contribution is 6.01. The first-order chi connectivity index (χ1) is 29.8. The fourth-order valence-corrected chi connectivity index (χ4v) is 10.4. The van der Waals surface area contributed by atoms with E-state index < -0.39 is 0 Å². The van der Waals surface area contributed by atoms with E-state index in [1.807, 2.05) is 0 Å². The third kappa shape index (κ3) is 5.91. The zero-order valence-corrected chi connectivity index (χ0v) is 35.2. The normalized spacial score (nSPS) is 13.8. The van der Waals surface area contributed by atoms with Gasteiger partial charge >= 0.3 is 0 Å². The highest BCUT2D eigenvalue weighted by atomic mass is 15.1. The van der Waals surface area contributed by atoms with Crippen LogP contribution >= 0.6 is 0 Å². The summed E-state index contributed by atoms with van der Waals surface area (Å²) >= 11 is 0. The average molecular weight is 782 g/mol. The molecule has 1 heteroatoms. The Morgan fingerprint density at radius 2 is 0.754 bits per heavy atom. The summed E-state index contributed by atoms with van der Waals surface area (Å²) in [7, 11) is 0. The van der Waals surface area contributed by atoms with E-state index in [9.17, 15) is 0 Å². The van der Waals surface area contributed by atoms with Gasteiger partial charge in [-0.2, -0.15) is 0 Å². The monoisotopic (exact) mass is 781 g/mol. The van der Waals surface area contributed by atoms with Crippen molar-refractivity contribution in [3.63, 3.8) is 0 Å². The molecule has 0 radical (unpaired) electrons. The SMILES string of the molecule is CC1(C)c2ccccc2-c2cc(N(c3ccc(-c4ccc5c(c4)C(C)(C)c4ccccc4-5)cc3)c3cccc(-c4ccccc4)c3-c3ccccc3-c3ccccc3)ccc21. The third-order valence-electron chi connectivity index (χ3n) is 13.5. The highest BCUT2D eigenvalue weighted by Crippen LogP contribution is 2.53. The minimum atomic E-state index is -0.0876. The number of hydrogen-bond donors (Lipinski definition) is 0. The number of nitrogens with zero attached hydrogens (tertiary/aromatic N) is 1. The van der Waals surface area contributed by atoms with Gasteiger partial charge < -0.3 is 4.90 Å². The number of fused-ring (bicyclic) bond motifs is 6. The van der Waals surface area contributed by atoms with E-state index in [0.717, 1.165) is 17.1 Å². The molecule has 0 aromatic heterocycles. The number of rotatable bonds is 7. The molecular formula is C60H47N. The first-order valence-corrected chi connectivity index (χ1v) is 21.5. The maximum Gasteiger partial charge on any atom is 0.0546 e. The highest BCUT2D eigenvalue weighted by Gasteiger charge is 2.37. The minimum Gasteiger partial charge on any atom is -0.310 e. The summed E-state index contributed by atoms with van der Waals surface area (Å²) in [6.07, 6.45) is 0. The van der Waals surface area contributed by atoms with E-state index in [1.165, 1.54) is 89.0 Å². The second-order valence-electron chi connectivity index (χ2n) is 17.7. The molecule has 0 saturated carbocycles. The van der Waals surface area contributed by atoms with Crippen molar-refractivity contribution >= 4 is 17.1 Å².